The third kappa shape index (κ3) is 5.08. The van der Waals surface area contributed by atoms with Crippen LogP contribution in [0.15, 0.2) is 121 Å². The van der Waals surface area contributed by atoms with E-state index in [1.54, 1.807) is 0 Å². The lowest BCUT2D eigenvalue weighted by molar-refractivity contribution is 0.468. The number of rotatable bonds is 5. The summed E-state index contributed by atoms with van der Waals surface area (Å²) in [5.74, 6) is 0.570. The maximum Gasteiger partial charge on any atom is 0.131 e. The predicted octanol–water partition coefficient (Wildman–Crippen LogP) is 11.2. The van der Waals surface area contributed by atoms with Gasteiger partial charge in [-0.05, 0) is 119 Å². The highest BCUT2D eigenvalue weighted by molar-refractivity contribution is 5.94. The Morgan fingerprint density at radius 3 is 1.07 bits per heavy atom. The number of benzene rings is 6. The number of aryl methyl sites for hydroxylation is 2. The summed E-state index contributed by atoms with van der Waals surface area (Å²) < 4.78 is 0. The van der Waals surface area contributed by atoms with Crippen molar-refractivity contribution in [3.8, 4) is 67.1 Å². The molecule has 2 heteroatoms. The Bertz CT molecular complexity index is 1870. The van der Waals surface area contributed by atoms with E-state index in [1.165, 1.54) is 33.4 Å². The van der Waals surface area contributed by atoms with Crippen LogP contribution in [-0.2, 0) is 25.7 Å². The third-order valence-electron chi connectivity index (χ3n) is 10.1. The second kappa shape index (κ2) is 12.0. The van der Waals surface area contributed by atoms with E-state index < -0.39 is 0 Å². The maximum absolute atomic E-state index is 12.3. The quantitative estimate of drug-likeness (QED) is 0.207. The molecule has 0 unspecified atom stereocenters. The molecular formula is C44H38O2. The molecule has 6 aromatic rings. The summed E-state index contributed by atoms with van der Waals surface area (Å²) in [6.07, 6.45) is 8.26. The van der Waals surface area contributed by atoms with Gasteiger partial charge in [0.15, 0.2) is 0 Å². The Morgan fingerprint density at radius 2 is 0.674 bits per heavy atom. The van der Waals surface area contributed by atoms with Crippen molar-refractivity contribution in [2.24, 2.45) is 0 Å². The standard InChI is InChI=1S/C44H38O2/c45-43-39(33-23-19-31(20-24-33)29-11-3-1-4-12-29)27-35-15-7-9-17-37(35)41(43)42-38-18-10-8-16-36(38)28-40(44(42)46)34-25-21-32(22-26-34)30-13-5-2-6-14-30/h1-6,11-14,19-28,45-46H,7-10,15-18H2. The van der Waals surface area contributed by atoms with Gasteiger partial charge in [-0.1, -0.05) is 109 Å². The fourth-order valence-electron chi connectivity index (χ4n) is 7.71. The van der Waals surface area contributed by atoms with Crippen LogP contribution in [0.25, 0.3) is 55.6 Å². The number of hydrogen-bond donors (Lipinski definition) is 2. The molecule has 0 atom stereocenters. The molecule has 2 N–H and O–H groups in total. The van der Waals surface area contributed by atoms with Crippen LogP contribution in [0, 0.1) is 0 Å². The van der Waals surface area contributed by atoms with E-state index in [9.17, 15) is 10.2 Å². The molecule has 0 aliphatic heterocycles. The van der Waals surface area contributed by atoms with Crippen molar-refractivity contribution < 1.29 is 10.2 Å². The van der Waals surface area contributed by atoms with Crippen LogP contribution in [0.5, 0.6) is 11.5 Å². The number of phenols is 2. The van der Waals surface area contributed by atoms with E-state index in [2.05, 4.69) is 109 Å². The zero-order chi connectivity index (χ0) is 31.0. The van der Waals surface area contributed by atoms with E-state index in [0.717, 1.165) is 95.9 Å². The van der Waals surface area contributed by atoms with Crippen molar-refractivity contribution in [3.63, 3.8) is 0 Å². The molecule has 6 aromatic carbocycles. The summed E-state index contributed by atoms with van der Waals surface area (Å²) >= 11 is 0. The van der Waals surface area contributed by atoms with Crippen LogP contribution < -0.4 is 0 Å². The van der Waals surface area contributed by atoms with Gasteiger partial charge in [-0.25, -0.2) is 0 Å². The first-order valence-corrected chi connectivity index (χ1v) is 16.7. The Hall–Kier alpha value is -5.08. The molecule has 226 valence electrons. The lowest BCUT2D eigenvalue weighted by Crippen LogP contribution is -2.10. The van der Waals surface area contributed by atoms with Crippen LogP contribution in [0.2, 0.25) is 0 Å². The predicted molar refractivity (Wildman–Crippen MR) is 190 cm³/mol. The van der Waals surface area contributed by atoms with E-state index in [0.29, 0.717) is 0 Å². The molecule has 8 rings (SSSR count). The van der Waals surface area contributed by atoms with Gasteiger partial charge in [0.1, 0.15) is 11.5 Å². The van der Waals surface area contributed by atoms with Crippen molar-refractivity contribution >= 4 is 0 Å². The number of aromatic hydroxyl groups is 2. The normalized spacial score (nSPS) is 14.0. The van der Waals surface area contributed by atoms with Gasteiger partial charge in [-0.2, -0.15) is 0 Å². The molecule has 0 aromatic heterocycles. The van der Waals surface area contributed by atoms with Crippen molar-refractivity contribution in [2.75, 3.05) is 0 Å². The highest BCUT2D eigenvalue weighted by atomic mass is 16.3. The minimum atomic E-state index is 0.285. The Kier molecular flexibility index (Phi) is 7.42. The van der Waals surface area contributed by atoms with Crippen LogP contribution in [-0.4, -0.2) is 10.2 Å². The lowest BCUT2D eigenvalue weighted by Gasteiger charge is -2.28. The van der Waals surface area contributed by atoms with Gasteiger partial charge >= 0.3 is 0 Å². The Morgan fingerprint density at radius 1 is 0.348 bits per heavy atom. The number of fused-ring (bicyclic) bond motifs is 2. The molecule has 2 aliphatic carbocycles. The second-order valence-corrected chi connectivity index (χ2v) is 12.9. The van der Waals surface area contributed by atoms with E-state index in [4.69, 9.17) is 0 Å². The first-order chi connectivity index (χ1) is 22.7. The molecule has 2 nitrogen and oxygen atoms in total. The van der Waals surface area contributed by atoms with Gasteiger partial charge in [-0.3, -0.25) is 0 Å². The minimum absolute atomic E-state index is 0.285. The van der Waals surface area contributed by atoms with Crippen molar-refractivity contribution in [3.05, 3.63) is 144 Å². The van der Waals surface area contributed by atoms with Gasteiger partial charge < -0.3 is 10.2 Å². The van der Waals surface area contributed by atoms with Crippen LogP contribution in [0.1, 0.15) is 47.9 Å². The molecule has 2 aliphatic rings. The number of phenolic OH excluding ortho intramolecular Hbond substituents is 2. The molecule has 0 saturated carbocycles. The molecule has 0 saturated heterocycles. The largest absolute Gasteiger partial charge is 0.507 e. The Labute approximate surface area is 271 Å². The molecular weight excluding hydrogens is 560 g/mol. The van der Waals surface area contributed by atoms with Gasteiger partial charge in [0.25, 0.3) is 0 Å². The molecule has 0 fully saturated rings. The molecule has 0 amide bonds. The summed E-state index contributed by atoms with van der Waals surface area (Å²) in [5.41, 5.74) is 15.0. The number of hydrogen-bond acceptors (Lipinski definition) is 2. The molecule has 0 heterocycles. The van der Waals surface area contributed by atoms with Gasteiger partial charge in [0, 0.05) is 22.3 Å². The van der Waals surface area contributed by atoms with Gasteiger partial charge in [0.2, 0.25) is 0 Å². The summed E-state index contributed by atoms with van der Waals surface area (Å²) in [6, 6.07) is 42.3. The zero-order valence-corrected chi connectivity index (χ0v) is 26.1. The SMILES string of the molecule is Oc1c(-c2ccc(-c3ccccc3)cc2)cc2c(c1-c1c(O)c(-c3ccc(-c4ccccc4)cc3)cc3c1CCCC3)CCCC2. The van der Waals surface area contributed by atoms with E-state index in [-0.39, 0.29) is 11.5 Å². The minimum Gasteiger partial charge on any atom is -0.507 e. The molecule has 0 radical (unpaired) electrons. The summed E-state index contributed by atoms with van der Waals surface area (Å²) in [4.78, 5) is 0. The fourth-order valence-corrected chi connectivity index (χ4v) is 7.71. The summed E-state index contributed by atoms with van der Waals surface area (Å²) in [6.45, 7) is 0. The summed E-state index contributed by atoms with van der Waals surface area (Å²) in [5, 5.41) is 24.6. The molecule has 46 heavy (non-hydrogen) atoms. The monoisotopic (exact) mass is 598 g/mol. The molecule has 0 spiro atoms. The molecule has 0 bridgehead atoms. The van der Waals surface area contributed by atoms with Crippen molar-refractivity contribution in [1.82, 2.24) is 0 Å². The fraction of sp³-hybridized carbons (Fsp3) is 0.182. The highest BCUT2D eigenvalue weighted by Gasteiger charge is 2.29. The van der Waals surface area contributed by atoms with E-state index in [1.807, 2.05) is 12.1 Å². The van der Waals surface area contributed by atoms with Gasteiger partial charge in [0.05, 0.1) is 0 Å². The second-order valence-electron chi connectivity index (χ2n) is 12.9. The van der Waals surface area contributed by atoms with Crippen molar-refractivity contribution in [2.45, 2.75) is 51.4 Å². The highest BCUT2D eigenvalue weighted by Crippen LogP contribution is 2.52. The topological polar surface area (TPSA) is 40.5 Å². The van der Waals surface area contributed by atoms with Crippen LogP contribution in [0.4, 0.5) is 0 Å². The van der Waals surface area contributed by atoms with E-state index >= 15 is 0 Å². The van der Waals surface area contributed by atoms with Crippen LogP contribution >= 0.6 is 0 Å². The van der Waals surface area contributed by atoms with Gasteiger partial charge in [-0.15, -0.1) is 0 Å². The average Bonchev–Trinajstić information content (AvgIpc) is 3.13. The lowest BCUT2D eigenvalue weighted by atomic mass is 9.77. The van der Waals surface area contributed by atoms with Crippen molar-refractivity contribution in [1.29, 1.82) is 0 Å². The third-order valence-corrected chi connectivity index (χ3v) is 10.1. The average molecular weight is 599 g/mol. The smallest absolute Gasteiger partial charge is 0.131 e. The Balaban J connectivity index is 1.30. The first-order valence-electron chi connectivity index (χ1n) is 16.7. The van der Waals surface area contributed by atoms with Crippen LogP contribution in [0.3, 0.4) is 0 Å². The zero-order valence-electron chi connectivity index (χ0n) is 26.1. The summed E-state index contributed by atoms with van der Waals surface area (Å²) in [7, 11) is 0. The maximum atomic E-state index is 12.3. The first kappa shape index (κ1) is 28.4.